The van der Waals surface area contributed by atoms with E-state index in [0.29, 0.717) is 25.4 Å². The van der Waals surface area contributed by atoms with Gasteiger partial charge in [0.2, 0.25) is 11.8 Å². The molecule has 0 aliphatic rings. The molecule has 0 saturated heterocycles. The van der Waals surface area contributed by atoms with Crippen molar-refractivity contribution in [2.45, 2.75) is 53.1 Å². The molecule has 178 valence electrons. The van der Waals surface area contributed by atoms with E-state index in [0.717, 1.165) is 27.8 Å². The van der Waals surface area contributed by atoms with Crippen LogP contribution in [-0.4, -0.2) is 29.3 Å². The summed E-state index contributed by atoms with van der Waals surface area (Å²) < 4.78 is 0. The molecule has 4 heteroatoms. The van der Waals surface area contributed by atoms with Gasteiger partial charge in [-0.2, -0.15) is 0 Å². The van der Waals surface area contributed by atoms with E-state index in [1.165, 1.54) is 0 Å². The number of aryl methyl sites for hydroxylation is 2. The third-order valence-corrected chi connectivity index (χ3v) is 6.03. The van der Waals surface area contributed by atoms with Gasteiger partial charge in [-0.1, -0.05) is 98.3 Å². The lowest BCUT2D eigenvalue weighted by molar-refractivity contribution is -0.140. The Balaban J connectivity index is 1.96. The Morgan fingerprint density at radius 2 is 1.47 bits per heavy atom. The van der Waals surface area contributed by atoms with E-state index in [2.05, 4.69) is 19.2 Å². The number of rotatable bonds is 10. The molecule has 0 heterocycles. The molecule has 0 aliphatic heterocycles. The lowest BCUT2D eigenvalue weighted by Gasteiger charge is -2.32. The lowest BCUT2D eigenvalue weighted by Crippen LogP contribution is -2.51. The number of amides is 2. The highest BCUT2D eigenvalue weighted by Crippen LogP contribution is 2.18. The first kappa shape index (κ1) is 25.2. The normalized spacial score (nSPS) is 11.8. The first-order valence-corrected chi connectivity index (χ1v) is 12.0. The maximum Gasteiger partial charge on any atom is 0.243 e. The molecule has 2 amide bonds. The summed E-state index contributed by atoms with van der Waals surface area (Å²) in [6.45, 7) is 9.16. The fourth-order valence-electron chi connectivity index (χ4n) is 3.94. The molecule has 0 aromatic heterocycles. The summed E-state index contributed by atoms with van der Waals surface area (Å²) in [7, 11) is 0. The topological polar surface area (TPSA) is 49.4 Å². The van der Waals surface area contributed by atoms with E-state index in [9.17, 15) is 9.59 Å². The maximum atomic E-state index is 13.8. The molecule has 0 radical (unpaired) electrons. The second kappa shape index (κ2) is 12.2. The summed E-state index contributed by atoms with van der Waals surface area (Å²) in [5, 5.41) is 3.08. The average molecular weight is 457 g/mol. The number of nitrogens with zero attached hydrogens (tertiary/aromatic N) is 1. The number of hydrogen-bond donors (Lipinski definition) is 1. The molecule has 3 aromatic carbocycles. The van der Waals surface area contributed by atoms with Crippen LogP contribution in [0.15, 0.2) is 78.9 Å². The fourth-order valence-corrected chi connectivity index (χ4v) is 3.94. The molecule has 4 nitrogen and oxygen atoms in total. The van der Waals surface area contributed by atoms with E-state index >= 15 is 0 Å². The Morgan fingerprint density at radius 3 is 2.12 bits per heavy atom. The minimum atomic E-state index is -0.598. The summed E-state index contributed by atoms with van der Waals surface area (Å²) in [6, 6.07) is 25.4. The summed E-state index contributed by atoms with van der Waals surface area (Å²) in [4.78, 5) is 29.0. The van der Waals surface area contributed by atoms with E-state index < -0.39 is 6.04 Å². The highest BCUT2D eigenvalue weighted by molar-refractivity contribution is 5.89. The van der Waals surface area contributed by atoms with Crippen molar-refractivity contribution < 1.29 is 9.59 Å². The highest BCUT2D eigenvalue weighted by atomic mass is 16.2. The van der Waals surface area contributed by atoms with Crippen molar-refractivity contribution >= 4 is 11.8 Å². The molecule has 0 unspecified atom stereocenters. The van der Waals surface area contributed by atoms with Gasteiger partial charge in [-0.25, -0.2) is 0 Å². The van der Waals surface area contributed by atoms with Gasteiger partial charge in [0.05, 0.1) is 6.42 Å². The Hall–Kier alpha value is -3.40. The van der Waals surface area contributed by atoms with Crippen LogP contribution in [0.3, 0.4) is 0 Å². The van der Waals surface area contributed by atoms with Gasteiger partial charge >= 0.3 is 0 Å². The third-order valence-electron chi connectivity index (χ3n) is 6.03. The van der Waals surface area contributed by atoms with E-state index in [1.54, 1.807) is 4.90 Å². The third kappa shape index (κ3) is 7.31. The zero-order chi connectivity index (χ0) is 24.5. The summed E-state index contributed by atoms with van der Waals surface area (Å²) >= 11 is 0. The van der Waals surface area contributed by atoms with Gasteiger partial charge in [-0.15, -0.1) is 0 Å². The van der Waals surface area contributed by atoms with Crippen molar-refractivity contribution in [1.29, 1.82) is 0 Å². The monoisotopic (exact) mass is 456 g/mol. The zero-order valence-electron chi connectivity index (χ0n) is 20.8. The van der Waals surface area contributed by atoms with Gasteiger partial charge in [0, 0.05) is 19.5 Å². The van der Waals surface area contributed by atoms with Gasteiger partial charge in [-0.3, -0.25) is 9.59 Å². The van der Waals surface area contributed by atoms with Crippen LogP contribution in [0.2, 0.25) is 0 Å². The zero-order valence-corrected chi connectivity index (χ0v) is 20.8. The Bertz CT molecular complexity index is 1070. The Kier molecular flexibility index (Phi) is 9.03. The minimum absolute atomic E-state index is 0.0458. The highest BCUT2D eigenvalue weighted by Gasteiger charge is 2.30. The molecule has 0 bridgehead atoms. The van der Waals surface area contributed by atoms with Gasteiger partial charge < -0.3 is 10.2 Å². The summed E-state index contributed by atoms with van der Waals surface area (Å²) in [5.41, 5.74) is 5.28. The van der Waals surface area contributed by atoms with Crippen LogP contribution in [0.1, 0.15) is 41.7 Å². The predicted octanol–water partition coefficient (Wildman–Crippen LogP) is 5.26. The average Bonchev–Trinajstić information content (AvgIpc) is 2.83. The molecule has 0 saturated carbocycles. The fraction of sp³-hybridized carbons (Fsp3) is 0.333. The molecular weight excluding hydrogens is 420 g/mol. The Labute approximate surface area is 204 Å². The van der Waals surface area contributed by atoms with Crippen LogP contribution in [0.4, 0.5) is 0 Å². The molecular formula is C30H36N2O2. The van der Waals surface area contributed by atoms with Crippen molar-refractivity contribution in [3.63, 3.8) is 0 Å². The van der Waals surface area contributed by atoms with Gasteiger partial charge in [0.15, 0.2) is 0 Å². The number of benzene rings is 3. The second-order valence-corrected chi connectivity index (χ2v) is 9.46. The van der Waals surface area contributed by atoms with Crippen molar-refractivity contribution in [1.82, 2.24) is 10.2 Å². The smallest absolute Gasteiger partial charge is 0.243 e. The van der Waals surface area contributed by atoms with Crippen LogP contribution in [0, 0.1) is 19.8 Å². The van der Waals surface area contributed by atoms with Gasteiger partial charge in [0.25, 0.3) is 0 Å². The van der Waals surface area contributed by atoms with E-state index in [-0.39, 0.29) is 18.2 Å². The molecule has 1 N–H and O–H groups in total. The van der Waals surface area contributed by atoms with Crippen molar-refractivity contribution in [3.05, 3.63) is 107 Å². The van der Waals surface area contributed by atoms with Crippen LogP contribution in [0.5, 0.6) is 0 Å². The summed E-state index contributed by atoms with van der Waals surface area (Å²) in [5.74, 6) is 0.174. The van der Waals surface area contributed by atoms with Crippen molar-refractivity contribution in [2.24, 2.45) is 5.92 Å². The van der Waals surface area contributed by atoms with E-state index in [4.69, 9.17) is 0 Å². The Morgan fingerprint density at radius 1 is 0.824 bits per heavy atom. The number of carbonyl (C=O) groups is 2. The minimum Gasteiger partial charge on any atom is -0.354 e. The quantitative estimate of drug-likeness (QED) is 0.452. The molecule has 3 rings (SSSR count). The molecule has 0 aliphatic carbocycles. The van der Waals surface area contributed by atoms with Crippen molar-refractivity contribution in [2.75, 3.05) is 6.54 Å². The number of hydrogen-bond acceptors (Lipinski definition) is 2. The molecule has 0 fully saturated rings. The SMILES string of the molecule is Cc1ccc(CN(C(=O)Cc2ccccc2C)[C@H](Cc2ccccc2)C(=O)NCC(C)C)cc1. The summed E-state index contributed by atoms with van der Waals surface area (Å²) in [6.07, 6.45) is 0.734. The number of carbonyl (C=O) groups excluding carboxylic acids is 2. The van der Waals surface area contributed by atoms with E-state index in [1.807, 2.05) is 92.7 Å². The molecule has 3 aromatic rings. The van der Waals surface area contributed by atoms with Crippen LogP contribution in [-0.2, 0) is 29.0 Å². The first-order chi connectivity index (χ1) is 16.3. The van der Waals surface area contributed by atoms with Gasteiger partial charge in [0.1, 0.15) is 6.04 Å². The number of nitrogens with one attached hydrogen (secondary N) is 1. The first-order valence-electron chi connectivity index (χ1n) is 12.0. The predicted molar refractivity (Wildman–Crippen MR) is 138 cm³/mol. The van der Waals surface area contributed by atoms with Gasteiger partial charge in [-0.05, 0) is 42.0 Å². The van der Waals surface area contributed by atoms with Crippen molar-refractivity contribution in [3.8, 4) is 0 Å². The second-order valence-electron chi connectivity index (χ2n) is 9.46. The molecule has 34 heavy (non-hydrogen) atoms. The largest absolute Gasteiger partial charge is 0.354 e. The van der Waals surface area contributed by atoms with Crippen LogP contribution in [0.25, 0.3) is 0 Å². The maximum absolute atomic E-state index is 13.8. The standard InChI is InChI=1S/C30H36N2O2/c1-22(2)20-31-30(34)28(18-25-11-6-5-7-12-25)32(21-26-16-14-23(3)15-17-26)29(33)19-27-13-9-8-10-24(27)4/h5-17,22,28H,18-21H2,1-4H3,(H,31,34)/t28-/m1/s1. The van der Waals surface area contributed by atoms with Crippen LogP contribution < -0.4 is 5.32 Å². The van der Waals surface area contributed by atoms with Crippen LogP contribution >= 0.6 is 0 Å². The molecule has 1 atom stereocenters. The molecule has 0 spiro atoms. The lowest BCUT2D eigenvalue weighted by atomic mass is 10.00.